The van der Waals surface area contributed by atoms with Gasteiger partial charge in [0.15, 0.2) is 0 Å². The van der Waals surface area contributed by atoms with Gasteiger partial charge in [0, 0.05) is 25.0 Å². The number of hydrogen-bond acceptors (Lipinski definition) is 3. The second-order valence-corrected chi connectivity index (χ2v) is 3.63. The second kappa shape index (κ2) is 3.41. The Morgan fingerprint density at radius 1 is 1.19 bits per heavy atom. The second-order valence-electron chi connectivity index (χ2n) is 3.63. The number of fused-ring (bicyclic) bond motifs is 1. The fourth-order valence-corrected chi connectivity index (χ4v) is 1.84. The summed E-state index contributed by atoms with van der Waals surface area (Å²) in [5.74, 6) is 0. The fourth-order valence-electron chi connectivity index (χ4n) is 1.84. The van der Waals surface area contributed by atoms with E-state index in [0.29, 0.717) is 0 Å². The number of pyridine rings is 1. The SMILES string of the molecule is Cn1ccc2nncc(-c3ccccn3)c21. The fraction of sp³-hybridized carbons (Fsp3) is 0.0833. The van der Waals surface area contributed by atoms with Crippen LogP contribution in [0.3, 0.4) is 0 Å². The maximum atomic E-state index is 4.34. The van der Waals surface area contributed by atoms with Crippen LogP contribution in [0.1, 0.15) is 0 Å². The summed E-state index contributed by atoms with van der Waals surface area (Å²) in [5.41, 5.74) is 3.89. The molecule has 3 heterocycles. The molecule has 16 heavy (non-hydrogen) atoms. The molecule has 0 aliphatic heterocycles. The Balaban J connectivity index is 2.36. The molecule has 0 bridgehead atoms. The van der Waals surface area contributed by atoms with E-state index >= 15 is 0 Å². The van der Waals surface area contributed by atoms with Crippen molar-refractivity contribution in [2.75, 3.05) is 0 Å². The topological polar surface area (TPSA) is 43.6 Å². The molecular weight excluding hydrogens is 200 g/mol. The molecule has 0 N–H and O–H groups in total. The van der Waals surface area contributed by atoms with Gasteiger partial charge in [0.05, 0.1) is 17.4 Å². The lowest BCUT2D eigenvalue weighted by Gasteiger charge is -2.03. The predicted molar refractivity (Wildman–Crippen MR) is 61.7 cm³/mol. The first-order valence-corrected chi connectivity index (χ1v) is 5.04. The standard InChI is InChI=1S/C12H10N4/c1-16-7-5-11-12(16)9(8-14-15-11)10-4-2-3-6-13-10/h2-8H,1H3. The molecule has 0 spiro atoms. The summed E-state index contributed by atoms with van der Waals surface area (Å²) in [6.45, 7) is 0. The lowest BCUT2D eigenvalue weighted by Crippen LogP contribution is -1.93. The molecule has 0 aliphatic rings. The van der Waals surface area contributed by atoms with Gasteiger partial charge in [-0.2, -0.15) is 5.10 Å². The van der Waals surface area contributed by atoms with E-state index in [1.165, 1.54) is 0 Å². The number of aromatic nitrogens is 4. The first kappa shape index (κ1) is 9.03. The van der Waals surface area contributed by atoms with Crippen molar-refractivity contribution in [3.8, 4) is 11.3 Å². The predicted octanol–water partition coefficient (Wildman–Crippen LogP) is 2.03. The van der Waals surface area contributed by atoms with E-state index in [0.717, 1.165) is 22.3 Å². The first-order valence-electron chi connectivity index (χ1n) is 5.04. The molecule has 0 radical (unpaired) electrons. The number of aryl methyl sites for hydroxylation is 1. The van der Waals surface area contributed by atoms with Crippen molar-refractivity contribution in [2.45, 2.75) is 0 Å². The van der Waals surface area contributed by atoms with Crippen LogP contribution in [0.15, 0.2) is 42.9 Å². The van der Waals surface area contributed by atoms with Gasteiger partial charge in [-0.3, -0.25) is 4.98 Å². The van der Waals surface area contributed by atoms with E-state index in [-0.39, 0.29) is 0 Å². The van der Waals surface area contributed by atoms with E-state index in [2.05, 4.69) is 15.2 Å². The Bertz CT molecular complexity index is 628. The van der Waals surface area contributed by atoms with Gasteiger partial charge in [0.25, 0.3) is 0 Å². The average molecular weight is 210 g/mol. The number of rotatable bonds is 1. The van der Waals surface area contributed by atoms with Gasteiger partial charge < -0.3 is 4.57 Å². The Hall–Kier alpha value is -2.23. The zero-order chi connectivity index (χ0) is 11.0. The minimum atomic E-state index is 0.894. The zero-order valence-corrected chi connectivity index (χ0v) is 8.83. The molecule has 0 unspecified atom stereocenters. The number of nitrogens with zero attached hydrogens (tertiary/aromatic N) is 4. The quantitative estimate of drug-likeness (QED) is 0.617. The summed E-state index contributed by atoms with van der Waals surface area (Å²) in [7, 11) is 2.00. The third-order valence-corrected chi connectivity index (χ3v) is 2.60. The van der Waals surface area contributed by atoms with Gasteiger partial charge in [0.2, 0.25) is 0 Å². The van der Waals surface area contributed by atoms with Crippen molar-refractivity contribution in [2.24, 2.45) is 7.05 Å². The van der Waals surface area contributed by atoms with Crippen LogP contribution in [0.2, 0.25) is 0 Å². The van der Waals surface area contributed by atoms with Crippen molar-refractivity contribution in [1.82, 2.24) is 19.7 Å². The Labute approximate surface area is 92.6 Å². The van der Waals surface area contributed by atoms with Crippen molar-refractivity contribution in [3.63, 3.8) is 0 Å². The molecule has 0 aliphatic carbocycles. The van der Waals surface area contributed by atoms with Gasteiger partial charge in [-0.25, -0.2) is 0 Å². The molecule has 0 saturated carbocycles. The summed E-state index contributed by atoms with van der Waals surface area (Å²) in [4.78, 5) is 4.34. The van der Waals surface area contributed by atoms with Crippen LogP contribution < -0.4 is 0 Å². The molecule has 3 aromatic heterocycles. The smallest absolute Gasteiger partial charge is 0.111 e. The highest BCUT2D eigenvalue weighted by molar-refractivity contribution is 5.90. The largest absolute Gasteiger partial charge is 0.349 e. The molecule has 3 aromatic rings. The zero-order valence-electron chi connectivity index (χ0n) is 8.83. The highest BCUT2D eigenvalue weighted by Crippen LogP contribution is 2.24. The van der Waals surface area contributed by atoms with Crippen molar-refractivity contribution >= 4 is 11.0 Å². The minimum absolute atomic E-state index is 0.894. The van der Waals surface area contributed by atoms with Crippen LogP contribution in [0.25, 0.3) is 22.3 Å². The highest BCUT2D eigenvalue weighted by Gasteiger charge is 2.08. The summed E-state index contributed by atoms with van der Waals surface area (Å²) in [5, 5.41) is 8.09. The first-order chi connectivity index (χ1) is 7.86. The van der Waals surface area contributed by atoms with E-state index in [1.54, 1.807) is 12.4 Å². The monoisotopic (exact) mass is 210 g/mol. The Morgan fingerprint density at radius 3 is 2.94 bits per heavy atom. The summed E-state index contributed by atoms with van der Waals surface area (Å²) < 4.78 is 2.04. The molecule has 0 fully saturated rings. The number of hydrogen-bond donors (Lipinski definition) is 0. The van der Waals surface area contributed by atoms with Crippen LogP contribution in [-0.2, 0) is 7.05 Å². The molecule has 78 valence electrons. The maximum Gasteiger partial charge on any atom is 0.111 e. The van der Waals surface area contributed by atoms with Gasteiger partial charge in [-0.15, -0.1) is 5.10 Å². The van der Waals surface area contributed by atoms with Gasteiger partial charge in [-0.05, 0) is 18.2 Å². The van der Waals surface area contributed by atoms with Crippen LogP contribution >= 0.6 is 0 Å². The summed E-state index contributed by atoms with van der Waals surface area (Å²) >= 11 is 0. The molecular formula is C12H10N4. The third kappa shape index (κ3) is 1.27. The van der Waals surface area contributed by atoms with Crippen LogP contribution in [0, 0.1) is 0 Å². The van der Waals surface area contributed by atoms with Gasteiger partial charge >= 0.3 is 0 Å². The van der Waals surface area contributed by atoms with Crippen molar-refractivity contribution < 1.29 is 0 Å². The average Bonchev–Trinajstić information content (AvgIpc) is 2.73. The Kier molecular flexibility index (Phi) is 1.93. The van der Waals surface area contributed by atoms with E-state index in [9.17, 15) is 0 Å². The molecule has 0 amide bonds. The molecule has 0 saturated heterocycles. The molecule has 4 heteroatoms. The molecule has 0 atom stereocenters. The van der Waals surface area contributed by atoms with Crippen LogP contribution in [-0.4, -0.2) is 19.7 Å². The van der Waals surface area contributed by atoms with E-state index in [4.69, 9.17) is 0 Å². The third-order valence-electron chi connectivity index (χ3n) is 2.60. The maximum absolute atomic E-state index is 4.34. The van der Waals surface area contributed by atoms with Gasteiger partial charge in [0.1, 0.15) is 5.52 Å². The van der Waals surface area contributed by atoms with E-state index in [1.807, 2.05) is 42.1 Å². The van der Waals surface area contributed by atoms with Crippen LogP contribution in [0.4, 0.5) is 0 Å². The summed E-state index contributed by atoms with van der Waals surface area (Å²) in [6, 6.07) is 7.80. The van der Waals surface area contributed by atoms with E-state index < -0.39 is 0 Å². The lowest BCUT2D eigenvalue weighted by atomic mass is 10.2. The highest BCUT2D eigenvalue weighted by atomic mass is 15.1. The lowest BCUT2D eigenvalue weighted by molar-refractivity contribution is 0.962. The molecule has 3 rings (SSSR count). The Morgan fingerprint density at radius 2 is 2.12 bits per heavy atom. The van der Waals surface area contributed by atoms with Crippen molar-refractivity contribution in [1.29, 1.82) is 0 Å². The van der Waals surface area contributed by atoms with Gasteiger partial charge in [-0.1, -0.05) is 6.07 Å². The minimum Gasteiger partial charge on any atom is -0.349 e. The normalized spacial score (nSPS) is 10.8. The van der Waals surface area contributed by atoms with Crippen LogP contribution in [0.5, 0.6) is 0 Å². The summed E-state index contributed by atoms with van der Waals surface area (Å²) in [6.07, 6.45) is 5.51. The van der Waals surface area contributed by atoms with Crippen molar-refractivity contribution in [3.05, 3.63) is 42.9 Å². The molecule has 0 aromatic carbocycles. The molecule has 4 nitrogen and oxygen atoms in total.